The molecule has 1 heterocycles. The van der Waals surface area contributed by atoms with Crippen LogP contribution in [0.4, 0.5) is 0 Å². The largest absolute Gasteiger partial charge is 0.451 e. The number of esters is 3. The molecule has 0 aliphatic carbocycles. The fourth-order valence-corrected chi connectivity index (χ4v) is 2.89. The average Bonchev–Trinajstić information content (AvgIpc) is 3.04. The molecule has 1 aliphatic heterocycles. The Hall–Kier alpha value is -3.45. The van der Waals surface area contributed by atoms with Gasteiger partial charge in [-0.3, -0.25) is 4.79 Å². The van der Waals surface area contributed by atoms with Crippen LogP contribution in [-0.4, -0.2) is 42.5 Å². The minimum absolute atomic E-state index is 0.296. The van der Waals surface area contributed by atoms with Crippen molar-refractivity contribution in [3.63, 3.8) is 0 Å². The summed E-state index contributed by atoms with van der Waals surface area (Å²) in [5, 5.41) is 0. The summed E-state index contributed by atoms with van der Waals surface area (Å²) in [6.45, 7) is 4.86. The maximum Gasteiger partial charge on any atom is 0.338 e. The Kier molecular flexibility index (Phi) is 6.41. The van der Waals surface area contributed by atoms with Crippen molar-refractivity contribution in [1.29, 1.82) is 0 Å². The van der Waals surface area contributed by atoms with Crippen molar-refractivity contribution < 1.29 is 33.3 Å². The Balaban J connectivity index is 1.84. The van der Waals surface area contributed by atoms with Crippen LogP contribution in [0.3, 0.4) is 0 Å². The van der Waals surface area contributed by atoms with Crippen LogP contribution in [0.5, 0.6) is 0 Å². The van der Waals surface area contributed by atoms with E-state index in [0.717, 1.165) is 0 Å². The Morgan fingerprint density at radius 2 is 1.31 bits per heavy atom. The Bertz CT molecular complexity index is 879. The molecule has 3 rings (SSSR count). The van der Waals surface area contributed by atoms with Crippen molar-refractivity contribution in [2.24, 2.45) is 0 Å². The SMILES string of the molecule is C=C[C@H]1O[C@H](OC(C)=O)[C@H](OC(=O)c2ccccc2)[C@@H]1OC(=O)c1ccccc1. The minimum Gasteiger partial charge on any atom is -0.451 e. The third kappa shape index (κ3) is 4.89. The molecule has 2 aromatic carbocycles. The molecule has 1 aliphatic rings. The average molecular weight is 396 g/mol. The summed E-state index contributed by atoms with van der Waals surface area (Å²) >= 11 is 0. The number of carbonyl (C=O) groups excluding carboxylic acids is 3. The molecule has 1 fully saturated rings. The highest BCUT2D eigenvalue weighted by Gasteiger charge is 2.50. The first-order valence-electron chi connectivity index (χ1n) is 8.97. The van der Waals surface area contributed by atoms with Gasteiger partial charge in [0.15, 0.2) is 6.10 Å². The summed E-state index contributed by atoms with van der Waals surface area (Å²) in [4.78, 5) is 36.5. The molecule has 4 atom stereocenters. The zero-order valence-electron chi connectivity index (χ0n) is 15.7. The smallest absolute Gasteiger partial charge is 0.338 e. The van der Waals surface area contributed by atoms with E-state index in [-0.39, 0.29) is 0 Å². The standard InChI is InChI=1S/C22H20O7/c1-3-17-18(28-20(24)15-10-6-4-7-11-15)19(22(27-17)26-14(2)23)29-21(25)16-12-8-5-9-13-16/h3-13,17-19,22H,1H2,2H3/t17-,18-,19-,22+/m1/s1. The third-order valence-corrected chi connectivity index (χ3v) is 4.23. The normalized spacial score (nSPS) is 23.1. The van der Waals surface area contributed by atoms with Crippen LogP contribution in [0.2, 0.25) is 0 Å². The van der Waals surface area contributed by atoms with E-state index >= 15 is 0 Å². The number of hydrogen-bond acceptors (Lipinski definition) is 7. The Morgan fingerprint density at radius 1 is 0.828 bits per heavy atom. The molecule has 0 saturated carbocycles. The van der Waals surface area contributed by atoms with E-state index in [2.05, 4.69) is 6.58 Å². The van der Waals surface area contributed by atoms with Gasteiger partial charge in [-0.2, -0.15) is 0 Å². The van der Waals surface area contributed by atoms with Crippen molar-refractivity contribution in [2.75, 3.05) is 0 Å². The van der Waals surface area contributed by atoms with Crippen LogP contribution in [0.25, 0.3) is 0 Å². The lowest BCUT2D eigenvalue weighted by atomic mass is 10.1. The molecule has 2 aromatic rings. The fourth-order valence-electron chi connectivity index (χ4n) is 2.89. The van der Waals surface area contributed by atoms with E-state index in [1.54, 1.807) is 60.7 Å². The van der Waals surface area contributed by atoms with Crippen molar-refractivity contribution in [3.8, 4) is 0 Å². The van der Waals surface area contributed by atoms with E-state index in [4.69, 9.17) is 18.9 Å². The zero-order chi connectivity index (χ0) is 20.8. The van der Waals surface area contributed by atoms with E-state index in [1.807, 2.05) is 0 Å². The molecule has 0 unspecified atom stereocenters. The monoisotopic (exact) mass is 396 g/mol. The second-order valence-corrected chi connectivity index (χ2v) is 6.29. The molecule has 1 saturated heterocycles. The third-order valence-electron chi connectivity index (χ3n) is 4.23. The number of benzene rings is 2. The van der Waals surface area contributed by atoms with Gasteiger partial charge in [0.1, 0.15) is 6.10 Å². The Morgan fingerprint density at radius 3 is 1.76 bits per heavy atom. The van der Waals surface area contributed by atoms with Gasteiger partial charge in [0.25, 0.3) is 0 Å². The summed E-state index contributed by atoms with van der Waals surface area (Å²) in [5.41, 5.74) is 0.614. The molecule has 7 heteroatoms. The maximum atomic E-state index is 12.5. The predicted octanol–water partition coefficient (Wildman–Crippen LogP) is 2.91. The first-order chi connectivity index (χ1) is 14.0. The molecule has 150 valence electrons. The maximum absolute atomic E-state index is 12.5. The highest BCUT2D eigenvalue weighted by molar-refractivity contribution is 5.90. The highest BCUT2D eigenvalue weighted by atomic mass is 16.7. The van der Waals surface area contributed by atoms with Crippen LogP contribution in [0.1, 0.15) is 27.6 Å². The minimum atomic E-state index is -1.24. The molecular formula is C22H20O7. The lowest BCUT2D eigenvalue weighted by Crippen LogP contribution is -2.41. The number of carbonyl (C=O) groups is 3. The van der Waals surface area contributed by atoms with Gasteiger partial charge in [-0.15, -0.1) is 6.58 Å². The fraction of sp³-hybridized carbons (Fsp3) is 0.227. The molecule has 29 heavy (non-hydrogen) atoms. The van der Waals surface area contributed by atoms with Crippen LogP contribution < -0.4 is 0 Å². The van der Waals surface area contributed by atoms with Gasteiger partial charge >= 0.3 is 17.9 Å². The van der Waals surface area contributed by atoms with Crippen LogP contribution in [-0.2, 0) is 23.7 Å². The lowest BCUT2D eigenvalue weighted by Gasteiger charge is -2.23. The molecule has 0 amide bonds. The van der Waals surface area contributed by atoms with Gasteiger partial charge in [0, 0.05) is 6.92 Å². The Labute approximate surface area is 167 Å². The summed E-state index contributed by atoms with van der Waals surface area (Å²) in [5.74, 6) is -1.93. The van der Waals surface area contributed by atoms with Crippen LogP contribution >= 0.6 is 0 Å². The highest BCUT2D eigenvalue weighted by Crippen LogP contribution is 2.30. The molecule has 0 aromatic heterocycles. The van der Waals surface area contributed by atoms with Crippen molar-refractivity contribution in [1.82, 2.24) is 0 Å². The molecule has 0 bridgehead atoms. The zero-order valence-corrected chi connectivity index (χ0v) is 15.7. The predicted molar refractivity (Wildman–Crippen MR) is 102 cm³/mol. The molecule has 0 radical (unpaired) electrons. The van der Waals surface area contributed by atoms with Gasteiger partial charge in [-0.05, 0) is 24.3 Å². The van der Waals surface area contributed by atoms with Gasteiger partial charge < -0.3 is 18.9 Å². The number of hydrogen-bond donors (Lipinski definition) is 0. The summed E-state index contributed by atoms with van der Waals surface area (Å²) in [7, 11) is 0. The molecule has 7 nitrogen and oxygen atoms in total. The summed E-state index contributed by atoms with van der Waals surface area (Å²) in [6.07, 6.45) is -2.88. The van der Waals surface area contributed by atoms with Crippen molar-refractivity contribution in [2.45, 2.75) is 31.5 Å². The lowest BCUT2D eigenvalue weighted by molar-refractivity contribution is -0.183. The molecular weight excluding hydrogens is 376 g/mol. The second-order valence-electron chi connectivity index (χ2n) is 6.29. The van der Waals surface area contributed by atoms with Crippen molar-refractivity contribution in [3.05, 3.63) is 84.4 Å². The second kappa shape index (κ2) is 9.16. The van der Waals surface area contributed by atoms with E-state index in [9.17, 15) is 14.4 Å². The van der Waals surface area contributed by atoms with Crippen LogP contribution in [0.15, 0.2) is 73.3 Å². The van der Waals surface area contributed by atoms with E-state index in [1.165, 1.54) is 13.0 Å². The van der Waals surface area contributed by atoms with E-state index < -0.39 is 42.5 Å². The molecule has 0 N–H and O–H groups in total. The molecule has 0 spiro atoms. The topological polar surface area (TPSA) is 88.1 Å². The number of rotatable bonds is 6. The first kappa shape index (κ1) is 20.3. The first-order valence-corrected chi connectivity index (χ1v) is 8.97. The van der Waals surface area contributed by atoms with Crippen molar-refractivity contribution >= 4 is 17.9 Å². The quantitative estimate of drug-likeness (QED) is 0.421. The summed E-state index contributed by atoms with van der Waals surface area (Å²) in [6, 6.07) is 16.6. The van der Waals surface area contributed by atoms with Gasteiger partial charge in [0.2, 0.25) is 12.4 Å². The van der Waals surface area contributed by atoms with Gasteiger partial charge in [-0.25, -0.2) is 9.59 Å². The number of ether oxygens (including phenoxy) is 4. The van der Waals surface area contributed by atoms with Gasteiger partial charge in [0.05, 0.1) is 11.1 Å². The van der Waals surface area contributed by atoms with Crippen LogP contribution in [0, 0.1) is 0 Å². The summed E-state index contributed by atoms with van der Waals surface area (Å²) < 4.78 is 21.8. The van der Waals surface area contributed by atoms with E-state index in [0.29, 0.717) is 11.1 Å². The van der Waals surface area contributed by atoms with Gasteiger partial charge in [-0.1, -0.05) is 42.5 Å².